The van der Waals surface area contributed by atoms with Crippen LogP contribution in [0.4, 0.5) is 0 Å². The number of carbonyl (C=O) groups is 2. The second-order valence-corrected chi connectivity index (χ2v) is 7.11. The van der Waals surface area contributed by atoms with E-state index in [0.29, 0.717) is 6.42 Å². The highest BCUT2D eigenvalue weighted by Crippen LogP contribution is 2.18. The molecule has 4 heteroatoms. The molecule has 0 aliphatic carbocycles. The predicted octanol–water partition coefficient (Wildman–Crippen LogP) is 4.52. The van der Waals surface area contributed by atoms with Crippen molar-refractivity contribution in [3.8, 4) is 0 Å². The minimum Gasteiger partial charge on any atom is -0.463 e. The van der Waals surface area contributed by atoms with Gasteiger partial charge < -0.3 is 10.1 Å². The predicted molar refractivity (Wildman–Crippen MR) is 107 cm³/mol. The lowest BCUT2D eigenvalue weighted by atomic mass is 10.0. The van der Waals surface area contributed by atoms with Gasteiger partial charge in [0, 0.05) is 6.42 Å². The Morgan fingerprint density at radius 3 is 2.30 bits per heavy atom. The van der Waals surface area contributed by atoms with Gasteiger partial charge in [-0.1, -0.05) is 60.2 Å². The van der Waals surface area contributed by atoms with Crippen molar-refractivity contribution in [2.24, 2.45) is 0 Å². The first-order valence-electron chi connectivity index (χ1n) is 9.53. The standard InChI is InChI=1S/C23H29NO3/c1-17(2)27-23(26)16-21(20-9-5-4-6-10-20)24-22(25)11-7-8-19-14-12-18(3)13-15-19/h4-6,9-10,12-15,17,21H,7-8,11,16H2,1-3H3,(H,24,25). The van der Waals surface area contributed by atoms with Crippen LogP contribution in [-0.2, 0) is 20.7 Å². The number of aryl methyl sites for hydroxylation is 2. The molecule has 2 rings (SSSR count). The number of ether oxygens (including phenoxy) is 1. The molecule has 0 spiro atoms. The highest BCUT2D eigenvalue weighted by Gasteiger charge is 2.19. The number of benzene rings is 2. The molecule has 0 heterocycles. The smallest absolute Gasteiger partial charge is 0.308 e. The van der Waals surface area contributed by atoms with Crippen LogP contribution in [0.3, 0.4) is 0 Å². The molecule has 2 aromatic carbocycles. The first-order valence-corrected chi connectivity index (χ1v) is 9.53. The van der Waals surface area contributed by atoms with E-state index >= 15 is 0 Å². The molecule has 0 aromatic heterocycles. The van der Waals surface area contributed by atoms with E-state index < -0.39 is 0 Å². The van der Waals surface area contributed by atoms with E-state index in [1.807, 2.05) is 44.2 Å². The van der Waals surface area contributed by atoms with Crippen LogP contribution in [0.1, 0.15) is 55.8 Å². The Bertz CT molecular complexity index is 723. The Labute approximate surface area is 161 Å². The Morgan fingerprint density at radius 1 is 1.00 bits per heavy atom. The minimum atomic E-state index is -0.371. The maximum absolute atomic E-state index is 12.4. The van der Waals surface area contributed by atoms with Crippen LogP contribution in [0.25, 0.3) is 0 Å². The summed E-state index contributed by atoms with van der Waals surface area (Å²) in [7, 11) is 0. The van der Waals surface area contributed by atoms with Crippen LogP contribution in [0, 0.1) is 6.92 Å². The zero-order valence-electron chi connectivity index (χ0n) is 16.4. The van der Waals surface area contributed by atoms with E-state index in [1.165, 1.54) is 11.1 Å². The third-order valence-electron chi connectivity index (χ3n) is 4.26. The third-order valence-corrected chi connectivity index (χ3v) is 4.26. The van der Waals surface area contributed by atoms with Gasteiger partial charge in [-0.25, -0.2) is 0 Å². The van der Waals surface area contributed by atoms with Gasteiger partial charge in [0.15, 0.2) is 0 Å². The van der Waals surface area contributed by atoms with Crippen LogP contribution in [-0.4, -0.2) is 18.0 Å². The van der Waals surface area contributed by atoms with Gasteiger partial charge in [0.1, 0.15) is 0 Å². The lowest BCUT2D eigenvalue weighted by molar-refractivity contribution is -0.148. The van der Waals surface area contributed by atoms with Gasteiger partial charge >= 0.3 is 5.97 Å². The SMILES string of the molecule is Cc1ccc(CCCC(=O)NC(CC(=O)OC(C)C)c2ccccc2)cc1. The van der Waals surface area contributed by atoms with Gasteiger partial charge in [0.05, 0.1) is 18.6 Å². The molecule has 0 bridgehead atoms. The normalized spacial score (nSPS) is 11.9. The highest BCUT2D eigenvalue weighted by atomic mass is 16.5. The van der Waals surface area contributed by atoms with E-state index in [1.54, 1.807) is 0 Å². The van der Waals surface area contributed by atoms with Gasteiger partial charge in [-0.15, -0.1) is 0 Å². The van der Waals surface area contributed by atoms with E-state index in [4.69, 9.17) is 4.74 Å². The summed E-state index contributed by atoms with van der Waals surface area (Å²) < 4.78 is 5.24. The topological polar surface area (TPSA) is 55.4 Å². The highest BCUT2D eigenvalue weighted by molar-refractivity contribution is 5.78. The number of rotatable bonds is 9. The van der Waals surface area contributed by atoms with Crippen molar-refractivity contribution < 1.29 is 14.3 Å². The summed E-state index contributed by atoms with van der Waals surface area (Å²) in [5.41, 5.74) is 3.37. The molecule has 1 amide bonds. The summed E-state index contributed by atoms with van der Waals surface area (Å²) in [6, 6.07) is 17.5. The number of esters is 1. The molecular weight excluding hydrogens is 338 g/mol. The minimum absolute atomic E-state index is 0.0479. The number of hydrogen-bond acceptors (Lipinski definition) is 3. The fourth-order valence-corrected chi connectivity index (χ4v) is 2.89. The lowest BCUT2D eigenvalue weighted by Gasteiger charge is -2.19. The molecule has 0 radical (unpaired) electrons. The molecule has 0 aliphatic heterocycles. The van der Waals surface area contributed by atoms with E-state index in [-0.39, 0.29) is 30.4 Å². The van der Waals surface area contributed by atoms with Crippen molar-refractivity contribution >= 4 is 11.9 Å². The second kappa shape index (κ2) is 10.5. The van der Waals surface area contributed by atoms with Gasteiger partial charge in [-0.2, -0.15) is 0 Å². The summed E-state index contributed by atoms with van der Waals surface area (Å²) >= 11 is 0. The molecule has 4 nitrogen and oxygen atoms in total. The molecule has 27 heavy (non-hydrogen) atoms. The summed E-state index contributed by atoms with van der Waals surface area (Å²) in [6.45, 7) is 5.70. The average molecular weight is 367 g/mol. The van der Waals surface area contributed by atoms with Crippen LogP contribution < -0.4 is 5.32 Å². The molecule has 2 aromatic rings. The van der Waals surface area contributed by atoms with Crippen molar-refractivity contribution in [2.75, 3.05) is 0 Å². The molecular formula is C23H29NO3. The Morgan fingerprint density at radius 2 is 1.67 bits per heavy atom. The maximum atomic E-state index is 12.4. The number of carbonyl (C=O) groups excluding carboxylic acids is 2. The molecule has 1 N–H and O–H groups in total. The monoisotopic (exact) mass is 367 g/mol. The average Bonchev–Trinajstić information content (AvgIpc) is 2.63. The molecule has 1 atom stereocenters. The molecule has 0 aliphatic rings. The van der Waals surface area contributed by atoms with Gasteiger partial charge in [0.25, 0.3) is 0 Å². The summed E-state index contributed by atoms with van der Waals surface area (Å²) in [4.78, 5) is 24.5. The maximum Gasteiger partial charge on any atom is 0.308 e. The van der Waals surface area contributed by atoms with Crippen molar-refractivity contribution in [1.29, 1.82) is 0 Å². The molecule has 144 valence electrons. The first kappa shape index (κ1) is 20.7. The molecule has 0 saturated carbocycles. The second-order valence-electron chi connectivity index (χ2n) is 7.11. The van der Waals surface area contributed by atoms with Crippen molar-refractivity contribution in [2.45, 2.75) is 58.6 Å². The van der Waals surface area contributed by atoms with E-state index in [0.717, 1.165) is 18.4 Å². The lowest BCUT2D eigenvalue weighted by Crippen LogP contribution is -2.31. The summed E-state index contributed by atoms with van der Waals surface area (Å²) in [5.74, 6) is -0.355. The van der Waals surface area contributed by atoms with Crippen molar-refractivity contribution in [1.82, 2.24) is 5.32 Å². The van der Waals surface area contributed by atoms with Crippen molar-refractivity contribution in [3.05, 3.63) is 71.3 Å². The van der Waals surface area contributed by atoms with Crippen LogP contribution >= 0.6 is 0 Å². The van der Waals surface area contributed by atoms with Crippen LogP contribution in [0.15, 0.2) is 54.6 Å². The molecule has 0 fully saturated rings. The zero-order valence-corrected chi connectivity index (χ0v) is 16.4. The van der Waals surface area contributed by atoms with Crippen molar-refractivity contribution in [3.63, 3.8) is 0 Å². The van der Waals surface area contributed by atoms with Crippen LogP contribution in [0.5, 0.6) is 0 Å². The van der Waals surface area contributed by atoms with E-state index in [2.05, 4.69) is 36.5 Å². The summed E-state index contributed by atoms with van der Waals surface area (Å²) in [6.07, 6.45) is 2.02. The number of amides is 1. The fourth-order valence-electron chi connectivity index (χ4n) is 2.89. The molecule has 1 unspecified atom stereocenters. The Kier molecular flexibility index (Phi) is 8.05. The van der Waals surface area contributed by atoms with E-state index in [9.17, 15) is 9.59 Å². The Balaban J connectivity index is 1.90. The molecule has 0 saturated heterocycles. The fraction of sp³-hybridized carbons (Fsp3) is 0.391. The van der Waals surface area contributed by atoms with Crippen LogP contribution in [0.2, 0.25) is 0 Å². The third kappa shape index (κ3) is 7.65. The number of hydrogen-bond donors (Lipinski definition) is 1. The number of nitrogens with one attached hydrogen (secondary N) is 1. The Hall–Kier alpha value is -2.62. The summed E-state index contributed by atoms with van der Waals surface area (Å²) in [5, 5.41) is 2.99. The van der Waals surface area contributed by atoms with Gasteiger partial charge in [-0.3, -0.25) is 9.59 Å². The zero-order chi connectivity index (χ0) is 19.6. The largest absolute Gasteiger partial charge is 0.463 e. The first-order chi connectivity index (χ1) is 12.9. The van der Waals surface area contributed by atoms with Gasteiger partial charge in [0.2, 0.25) is 5.91 Å². The quantitative estimate of drug-likeness (QED) is 0.663. The van der Waals surface area contributed by atoms with Gasteiger partial charge in [-0.05, 0) is 44.7 Å².